The van der Waals surface area contributed by atoms with Crippen molar-refractivity contribution < 1.29 is 4.39 Å². The SMILES string of the molecule is CC(C)c1ccc(N2C(=S)N[C@@H](c3ccccn3)[C@H]2c2cccn2-c2ccccc2F)cc1. The molecule has 2 aromatic heterocycles. The summed E-state index contributed by atoms with van der Waals surface area (Å²) < 4.78 is 16.7. The summed E-state index contributed by atoms with van der Waals surface area (Å²) in [5, 5.41) is 4.10. The quantitative estimate of drug-likeness (QED) is 0.357. The lowest BCUT2D eigenvalue weighted by molar-refractivity contribution is 0.544. The van der Waals surface area contributed by atoms with Gasteiger partial charge >= 0.3 is 0 Å². The Hall–Kier alpha value is -3.51. The van der Waals surface area contributed by atoms with Crippen molar-refractivity contribution in [3.63, 3.8) is 0 Å². The molecule has 1 aliphatic rings. The highest BCUT2D eigenvalue weighted by molar-refractivity contribution is 7.80. The number of rotatable bonds is 5. The third kappa shape index (κ3) is 3.91. The molecule has 0 bridgehead atoms. The van der Waals surface area contributed by atoms with Gasteiger partial charge in [-0.25, -0.2) is 4.39 Å². The van der Waals surface area contributed by atoms with Crippen LogP contribution in [0.4, 0.5) is 10.1 Å². The number of hydrogen-bond acceptors (Lipinski definition) is 2. The van der Waals surface area contributed by atoms with Gasteiger partial charge in [-0.15, -0.1) is 0 Å². The van der Waals surface area contributed by atoms with Crippen molar-refractivity contribution >= 4 is 23.0 Å². The molecule has 166 valence electrons. The van der Waals surface area contributed by atoms with Gasteiger partial charge in [0.2, 0.25) is 0 Å². The number of nitrogens with zero attached hydrogens (tertiary/aromatic N) is 3. The Morgan fingerprint density at radius 3 is 2.39 bits per heavy atom. The van der Waals surface area contributed by atoms with Crippen molar-refractivity contribution in [3.8, 4) is 5.69 Å². The Morgan fingerprint density at radius 1 is 0.939 bits per heavy atom. The summed E-state index contributed by atoms with van der Waals surface area (Å²) >= 11 is 5.82. The number of pyridine rings is 1. The van der Waals surface area contributed by atoms with Gasteiger partial charge in [-0.05, 0) is 72.2 Å². The third-order valence-electron chi connectivity index (χ3n) is 6.13. The van der Waals surface area contributed by atoms with Gasteiger partial charge in [-0.1, -0.05) is 44.2 Å². The van der Waals surface area contributed by atoms with E-state index < -0.39 is 0 Å². The maximum Gasteiger partial charge on any atom is 0.174 e. The second kappa shape index (κ2) is 8.79. The van der Waals surface area contributed by atoms with E-state index in [1.807, 2.05) is 47.2 Å². The molecule has 0 radical (unpaired) electrons. The molecule has 33 heavy (non-hydrogen) atoms. The van der Waals surface area contributed by atoms with E-state index in [4.69, 9.17) is 12.2 Å². The molecule has 2 aromatic carbocycles. The number of halogens is 1. The molecule has 3 heterocycles. The van der Waals surface area contributed by atoms with E-state index in [0.29, 0.717) is 16.7 Å². The van der Waals surface area contributed by atoms with Crippen molar-refractivity contribution in [3.05, 3.63) is 114 Å². The number of nitrogens with one attached hydrogen (secondary N) is 1. The molecule has 1 N–H and O–H groups in total. The zero-order chi connectivity index (χ0) is 22.9. The molecule has 0 amide bonds. The van der Waals surface area contributed by atoms with Gasteiger partial charge < -0.3 is 14.8 Å². The molecule has 1 aliphatic heterocycles. The van der Waals surface area contributed by atoms with Crippen molar-refractivity contribution in [2.75, 3.05) is 4.90 Å². The number of thiocarbonyl (C=S) groups is 1. The first-order valence-electron chi connectivity index (χ1n) is 11.1. The average molecular weight is 457 g/mol. The van der Waals surface area contributed by atoms with E-state index in [1.165, 1.54) is 11.6 Å². The minimum atomic E-state index is -0.272. The largest absolute Gasteiger partial charge is 0.351 e. The van der Waals surface area contributed by atoms with E-state index >= 15 is 0 Å². The maximum atomic E-state index is 14.8. The number of aromatic nitrogens is 2. The van der Waals surface area contributed by atoms with Crippen LogP contribution in [-0.2, 0) is 0 Å². The van der Waals surface area contributed by atoms with E-state index in [2.05, 4.69) is 53.3 Å². The van der Waals surface area contributed by atoms with Gasteiger partial charge in [0, 0.05) is 23.8 Å². The number of anilines is 1. The van der Waals surface area contributed by atoms with Crippen LogP contribution >= 0.6 is 12.2 Å². The van der Waals surface area contributed by atoms with Crippen LogP contribution in [0.2, 0.25) is 0 Å². The van der Waals surface area contributed by atoms with Gasteiger partial charge in [0.25, 0.3) is 0 Å². The fourth-order valence-electron chi connectivity index (χ4n) is 4.45. The lowest BCUT2D eigenvalue weighted by Crippen LogP contribution is -2.30. The summed E-state index contributed by atoms with van der Waals surface area (Å²) in [7, 11) is 0. The molecule has 1 fully saturated rings. The van der Waals surface area contributed by atoms with Crippen LogP contribution in [-0.4, -0.2) is 14.7 Å². The Balaban J connectivity index is 1.65. The molecule has 0 spiro atoms. The first kappa shape index (κ1) is 21.3. The molecule has 1 saturated heterocycles. The van der Waals surface area contributed by atoms with E-state index in [1.54, 1.807) is 18.3 Å². The van der Waals surface area contributed by atoms with Crippen LogP contribution in [0.3, 0.4) is 0 Å². The average Bonchev–Trinajstić information content (AvgIpc) is 3.44. The molecular formula is C27H25FN4S. The Morgan fingerprint density at radius 2 is 1.70 bits per heavy atom. The Labute approximate surface area is 198 Å². The summed E-state index contributed by atoms with van der Waals surface area (Å²) in [6.07, 6.45) is 3.68. The third-order valence-corrected chi connectivity index (χ3v) is 6.45. The monoisotopic (exact) mass is 456 g/mol. The molecular weight excluding hydrogens is 431 g/mol. The van der Waals surface area contributed by atoms with Gasteiger partial charge in [-0.3, -0.25) is 4.98 Å². The standard InChI is InChI=1S/C27H25FN4S/c1-18(2)19-12-14-20(15-13-19)32-26(25(30-27(32)33)22-9-5-6-16-29-22)24-11-7-17-31(24)23-10-4-3-8-21(23)28/h3-18,25-26H,1-2H3,(H,30,33)/t25-,26+/m0/s1. The van der Waals surface area contributed by atoms with Gasteiger partial charge in [0.05, 0.1) is 17.4 Å². The molecule has 4 aromatic rings. The Kier molecular flexibility index (Phi) is 5.68. The zero-order valence-corrected chi connectivity index (χ0v) is 19.3. The van der Waals surface area contributed by atoms with Crippen LogP contribution in [0.1, 0.15) is 48.8 Å². The summed E-state index contributed by atoms with van der Waals surface area (Å²) in [6, 6.07) is 24.7. The van der Waals surface area contributed by atoms with Crippen molar-refractivity contribution in [2.24, 2.45) is 0 Å². The van der Waals surface area contributed by atoms with Gasteiger partial charge in [0.15, 0.2) is 5.11 Å². The highest BCUT2D eigenvalue weighted by Gasteiger charge is 2.42. The predicted molar refractivity (Wildman–Crippen MR) is 134 cm³/mol. The molecule has 6 heteroatoms. The van der Waals surface area contributed by atoms with E-state index in [0.717, 1.165) is 17.1 Å². The first-order valence-corrected chi connectivity index (χ1v) is 11.5. The lowest BCUT2D eigenvalue weighted by Gasteiger charge is -2.29. The van der Waals surface area contributed by atoms with Crippen molar-refractivity contribution in [1.82, 2.24) is 14.9 Å². The van der Waals surface area contributed by atoms with Crippen LogP contribution in [0.5, 0.6) is 0 Å². The molecule has 4 nitrogen and oxygen atoms in total. The van der Waals surface area contributed by atoms with Crippen LogP contribution in [0.15, 0.2) is 91.3 Å². The molecule has 2 atom stereocenters. The molecule has 0 aliphatic carbocycles. The zero-order valence-electron chi connectivity index (χ0n) is 18.5. The molecule has 0 saturated carbocycles. The molecule has 0 unspecified atom stereocenters. The Bertz CT molecular complexity index is 1270. The number of benzene rings is 2. The second-order valence-electron chi connectivity index (χ2n) is 8.50. The minimum absolute atomic E-state index is 0.191. The minimum Gasteiger partial charge on any atom is -0.351 e. The second-order valence-corrected chi connectivity index (χ2v) is 8.88. The maximum absolute atomic E-state index is 14.8. The fourth-order valence-corrected chi connectivity index (χ4v) is 4.80. The van der Waals surface area contributed by atoms with Crippen molar-refractivity contribution in [1.29, 1.82) is 0 Å². The molecule has 5 rings (SSSR count). The van der Waals surface area contributed by atoms with E-state index in [-0.39, 0.29) is 17.9 Å². The smallest absolute Gasteiger partial charge is 0.174 e. The normalized spacial score (nSPS) is 18.1. The predicted octanol–water partition coefficient (Wildman–Crippen LogP) is 6.31. The topological polar surface area (TPSA) is 33.1 Å². The highest BCUT2D eigenvalue weighted by atomic mass is 32.1. The summed E-state index contributed by atoms with van der Waals surface area (Å²) in [5.41, 5.74) is 4.57. The first-order chi connectivity index (χ1) is 16.0. The van der Waals surface area contributed by atoms with E-state index in [9.17, 15) is 4.39 Å². The van der Waals surface area contributed by atoms with Crippen molar-refractivity contribution in [2.45, 2.75) is 31.8 Å². The number of para-hydroxylation sites is 1. The highest BCUT2D eigenvalue weighted by Crippen LogP contribution is 2.42. The van der Waals surface area contributed by atoms with Crippen LogP contribution < -0.4 is 10.2 Å². The van der Waals surface area contributed by atoms with Crippen LogP contribution in [0.25, 0.3) is 5.69 Å². The summed E-state index contributed by atoms with van der Waals surface area (Å²) in [4.78, 5) is 6.73. The number of hydrogen-bond donors (Lipinski definition) is 1. The van der Waals surface area contributed by atoms with Gasteiger partial charge in [-0.2, -0.15) is 0 Å². The fraction of sp³-hybridized carbons (Fsp3) is 0.185. The lowest BCUT2D eigenvalue weighted by atomic mass is 9.99. The van der Waals surface area contributed by atoms with Gasteiger partial charge in [0.1, 0.15) is 11.9 Å². The summed E-state index contributed by atoms with van der Waals surface area (Å²) in [5.74, 6) is 0.170. The van der Waals surface area contributed by atoms with Crippen LogP contribution in [0, 0.1) is 5.82 Å². The summed E-state index contributed by atoms with van der Waals surface area (Å²) in [6.45, 7) is 4.36.